The van der Waals surface area contributed by atoms with Crippen molar-refractivity contribution in [3.63, 3.8) is 0 Å². The van der Waals surface area contributed by atoms with Gasteiger partial charge in [-0.3, -0.25) is 4.79 Å². The number of para-hydroxylation sites is 4. The van der Waals surface area contributed by atoms with Crippen molar-refractivity contribution < 1.29 is 9.53 Å². The van der Waals surface area contributed by atoms with Gasteiger partial charge in [-0.1, -0.05) is 69.3 Å². The number of aromatic nitrogens is 2. The molecule has 4 aromatic rings. The number of carbonyl (C=O) groups is 1. The molecule has 1 aliphatic heterocycles. The summed E-state index contributed by atoms with van der Waals surface area (Å²) in [6.45, 7) is 8.70. The summed E-state index contributed by atoms with van der Waals surface area (Å²) in [7, 11) is 0. The second-order valence-electron chi connectivity index (χ2n) is 10.0. The molecule has 0 N–H and O–H groups in total. The first kappa shape index (κ1) is 25.1. The number of imidazole rings is 1. The van der Waals surface area contributed by atoms with Crippen LogP contribution in [-0.4, -0.2) is 28.6 Å². The molecule has 37 heavy (non-hydrogen) atoms. The van der Waals surface area contributed by atoms with E-state index in [1.165, 1.54) is 11.1 Å². The lowest BCUT2D eigenvalue weighted by Crippen LogP contribution is -2.25. The number of aryl methyl sites for hydroxylation is 2. The lowest BCUT2D eigenvalue weighted by molar-refractivity contribution is -0.117. The predicted octanol–water partition coefficient (Wildman–Crippen LogP) is 7.10. The number of fused-ring (bicyclic) bond motifs is 1. The molecule has 0 aliphatic carbocycles. The van der Waals surface area contributed by atoms with Gasteiger partial charge in [0.15, 0.2) is 0 Å². The summed E-state index contributed by atoms with van der Waals surface area (Å²) in [6.07, 6.45) is 3.35. The van der Waals surface area contributed by atoms with Crippen molar-refractivity contribution in [3.05, 3.63) is 89.7 Å². The summed E-state index contributed by atoms with van der Waals surface area (Å²) in [5.41, 5.74) is 5.63. The Hall–Kier alpha value is -3.60. The second-order valence-corrected chi connectivity index (χ2v) is 10.0. The Bertz CT molecular complexity index is 1380. The molecule has 0 saturated carbocycles. The lowest BCUT2D eigenvalue weighted by Gasteiger charge is -2.20. The molecule has 5 nitrogen and oxygen atoms in total. The Morgan fingerprint density at radius 1 is 1.00 bits per heavy atom. The molecular weight excluding hydrogens is 458 g/mol. The third kappa shape index (κ3) is 5.13. The summed E-state index contributed by atoms with van der Waals surface area (Å²) >= 11 is 0. The molecule has 1 fully saturated rings. The van der Waals surface area contributed by atoms with Gasteiger partial charge in [-0.05, 0) is 60.6 Å². The minimum atomic E-state index is 0.0665. The van der Waals surface area contributed by atoms with Gasteiger partial charge in [0.2, 0.25) is 5.91 Å². The number of benzene rings is 3. The number of anilines is 1. The molecule has 0 radical (unpaired) electrons. The molecule has 192 valence electrons. The van der Waals surface area contributed by atoms with Gasteiger partial charge in [0.1, 0.15) is 11.6 Å². The van der Waals surface area contributed by atoms with Gasteiger partial charge in [-0.2, -0.15) is 0 Å². The van der Waals surface area contributed by atoms with Crippen molar-refractivity contribution in [2.24, 2.45) is 0 Å². The van der Waals surface area contributed by atoms with Crippen LogP contribution in [0.3, 0.4) is 0 Å². The highest BCUT2D eigenvalue weighted by molar-refractivity contribution is 5.97. The van der Waals surface area contributed by atoms with Gasteiger partial charge in [-0.15, -0.1) is 0 Å². The predicted molar refractivity (Wildman–Crippen MR) is 151 cm³/mol. The van der Waals surface area contributed by atoms with E-state index >= 15 is 0 Å². The highest BCUT2D eigenvalue weighted by atomic mass is 16.5. The van der Waals surface area contributed by atoms with Crippen LogP contribution in [0.15, 0.2) is 72.8 Å². The highest BCUT2D eigenvalue weighted by Crippen LogP contribution is 2.35. The summed E-state index contributed by atoms with van der Waals surface area (Å²) in [6, 6.07) is 24.9. The molecule has 5 rings (SSSR count). The molecule has 3 aromatic carbocycles. The van der Waals surface area contributed by atoms with Crippen LogP contribution in [0.4, 0.5) is 5.69 Å². The molecule has 2 unspecified atom stereocenters. The zero-order valence-corrected chi connectivity index (χ0v) is 22.2. The van der Waals surface area contributed by atoms with E-state index in [9.17, 15) is 4.79 Å². The molecule has 1 amide bonds. The molecule has 0 bridgehead atoms. The van der Waals surface area contributed by atoms with Gasteiger partial charge < -0.3 is 14.2 Å². The Balaban J connectivity index is 1.34. The Kier molecular flexibility index (Phi) is 7.59. The van der Waals surface area contributed by atoms with Gasteiger partial charge in [-0.25, -0.2) is 4.98 Å². The number of nitrogens with zero attached hydrogens (tertiary/aromatic N) is 3. The lowest BCUT2D eigenvalue weighted by atomic mass is 9.98. The zero-order chi connectivity index (χ0) is 25.8. The summed E-state index contributed by atoms with van der Waals surface area (Å²) in [5.74, 6) is 2.71. The molecule has 2 atom stereocenters. The summed E-state index contributed by atoms with van der Waals surface area (Å²) in [4.78, 5) is 20.1. The maximum atomic E-state index is 13.2. The Labute approximate surface area is 220 Å². The average molecular weight is 496 g/mol. The maximum absolute atomic E-state index is 13.2. The molecule has 1 aromatic heterocycles. The van der Waals surface area contributed by atoms with Crippen molar-refractivity contribution >= 4 is 22.6 Å². The molecule has 1 aliphatic rings. The number of amides is 1. The average Bonchev–Trinajstić information content (AvgIpc) is 3.51. The third-order valence-electron chi connectivity index (χ3n) is 7.68. The van der Waals surface area contributed by atoms with Crippen LogP contribution in [0.5, 0.6) is 5.75 Å². The fourth-order valence-corrected chi connectivity index (χ4v) is 5.47. The first-order valence-electron chi connectivity index (χ1n) is 13.7. The Morgan fingerprint density at radius 2 is 1.76 bits per heavy atom. The number of rotatable bonds is 10. The molecule has 0 spiro atoms. The van der Waals surface area contributed by atoms with E-state index in [0.29, 0.717) is 25.5 Å². The molecule has 1 saturated heterocycles. The molecular formula is C32H37N3O2. The van der Waals surface area contributed by atoms with Crippen molar-refractivity contribution in [1.29, 1.82) is 0 Å². The second kappa shape index (κ2) is 11.2. The van der Waals surface area contributed by atoms with Gasteiger partial charge in [0.05, 0.1) is 17.6 Å². The van der Waals surface area contributed by atoms with E-state index in [4.69, 9.17) is 9.72 Å². The summed E-state index contributed by atoms with van der Waals surface area (Å²) in [5, 5.41) is 0. The fraction of sp³-hybridized carbons (Fsp3) is 0.375. The SMILES string of the molecule is CCc1ccccc1N1CC(c2nc3ccccc3n2CCCOc2ccccc2C(C)CC)CC1=O. The number of ether oxygens (including phenoxy) is 1. The Morgan fingerprint density at radius 3 is 2.59 bits per heavy atom. The van der Waals surface area contributed by atoms with E-state index < -0.39 is 0 Å². The monoisotopic (exact) mass is 495 g/mol. The van der Waals surface area contributed by atoms with Crippen LogP contribution in [-0.2, 0) is 17.8 Å². The van der Waals surface area contributed by atoms with E-state index in [1.807, 2.05) is 29.2 Å². The number of carbonyl (C=O) groups excluding carboxylic acids is 1. The van der Waals surface area contributed by atoms with Crippen molar-refractivity contribution in [3.8, 4) is 5.75 Å². The smallest absolute Gasteiger partial charge is 0.227 e. The standard InChI is InChI=1S/C32H37N3O2/c1-4-23(3)26-14-7-11-18-30(26)37-20-12-19-34-29-17-10-8-15-27(29)33-32(34)25-21-31(36)35(22-25)28-16-9-6-13-24(28)5-2/h6-11,13-18,23,25H,4-5,12,19-22H2,1-3H3. The van der Waals surface area contributed by atoms with Crippen LogP contribution >= 0.6 is 0 Å². The highest BCUT2D eigenvalue weighted by Gasteiger charge is 2.35. The van der Waals surface area contributed by atoms with E-state index in [1.54, 1.807) is 0 Å². The normalized spacial score (nSPS) is 16.5. The largest absolute Gasteiger partial charge is 0.493 e. The third-order valence-corrected chi connectivity index (χ3v) is 7.68. The van der Waals surface area contributed by atoms with E-state index in [2.05, 4.69) is 73.9 Å². The quantitative estimate of drug-likeness (QED) is 0.220. The number of hydrogen-bond donors (Lipinski definition) is 0. The molecule has 5 heteroatoms. The van der Waals surface area contributed by atoms with Crippen molar-refractivity contribution in [1.82, 2.24) is 9.55 Å². The van der Waals surface area contributed by atoms with Crippen molar-refractivity contribution in [2.45, 2.75) is 64.8 Å². The van der Waals surface area contributed by atoms with Crippen LogP contribution < -0.4 is 9.64 Å². The molecule has 2 heterocycles. The number of hydrogen-bond acceptors (Lipinski definition) is 3. The minimum absolute atomic E-state index is 0.0665. The maximum Gasteiger partial charge on any atom is 0.227 e. The van der Waals surface area contributed by atoms with Crippen LogP contribution in [0, 0.1) is 0 Å². The minimum Gasteiger partial charge on any atom is -0.493 e. The van der Waals surface area contributed by atoms with Gasteiger partial charge in [0, 0.05) is 31.1 Å². The van der Waals surface area contributed by atoms with E-state index in [-0.39, 0.29) is 11.8 Å². The van der Waals surface area contributed by atoms with Gasteiger partial charge >= 0.3 is 0 Å². The van der Waals surface area contributed by atoms with E-state index in [0.717, 1.165) is 54.1 Å². The van der Waals surface area contributed by atoms with Crippen molar-refractivity contribution in [2.75, 3.05) is 18.1 Å². The fourth-order valence-electron chi connectivity index (χ4n) is 5.47. The van der Waals surface area contributed by atoms with Crippen LogP contribution in [0.25, 0.3) is 11.0 Å². The van der Waals surface area contributed by atoms with Crippen LogP contribution in [0.2, 0.25) is 0 Å². The van der Waals surface area contributed by atoms with Crippen LogP contribution in [0.1, 0.15) is 68.8 Å². The van der Waals surface area contributed by atoms with Gasteiger partial charge in [0.25, 0.3) is 0 Å². The zero-order valence-electron chi connectivity index (χ0n) is 22.2. The first-order chi connectivity index (χ1) is 18.1. The first-order valence-corrected chi connectivity index (χ1v) is 13.7. The topological polar surface area (TPSA) is 47.4 Å². The summed E-state index contributed by atoms with van der Waals surface area (Å²) < 4.78 is 8.57.